The second-order valence-electron chi connectivity index (χ2n) is 4.64. The summed E-state index contributed by atoms with van der Waals surface area (Å²) in [6.07, 6.45) is 8.27. The van der Waals surface area contributed by atoms with E-state index in [9.17, 15) is 0 Å². The first-order chi connectivity index (χ1) is 9.31. The van der Waals surface area contributed by atoms with Crippen LogP contribution in [0.15, 0.2) is 22.9 Å². The summed E-state index contributed by atoms with van der Waals surface area (Å²) in [5, 5.41) is 0. The molecule has 0 saturated carbocycles. The third-order valence-corrected chi connectivity index (χ3v) is 3.25. The van der Waals surface area contributed by atoms with Crippen molar-refractivity contribution in [1.29, 1.82) is 0 Å². The highest BCUT2D eigenvalue weighted by atomic mass is 16.5. The van der Waals surface area contributed by atoms with E-state index in [1.807, 2.05) is 16.7 Å². The summed E-state index contributed by atoms with van der Waals surface area (Å²) in [4.78, 5) is 8.71. The van der Waals surface area contributed by atoms with Crippen molar-refractivity contribution < 1.29 is 9.15 Å². The number of unbranched alkanes of at least 4 members (excludes halogenated alkanes) is 2. The van der Waals surface area contributed by atoms with Crippen molar-refractivity contribution >= 4 is 17.1 Å². The van der Waals surface area contributed by atoms with Gasteiger partial charge in [-0.25, -0.2) is 4.98 Å². The van der Waals surface area contributed by atoms with Crippen molar-refractivity contribution in [2.24, 2.45) is 0 Å². The van der Waals surface area contributed by atoms with Gasteiger partial charge in [0.2, 0.25) is 5.71 Å². The largest absolute Gasteiger partial charge is 0.495 e. The third-order valence-electron chi connectivity index (χ3n) is 3.25. The molecule has 3 aromatic rings. The summed E-state index contributed by atoms with van der Waals surface area (Å²) < 4.78 is 12.7. The summed E-state index contributed by atoms with van der Waals surface area (Å²) in [5.74, 6) is 1.32. The van der Waals surface area contributed by atoms with E-state index in [-0.39, 0.29) is 0 Å². The number of aryl methyl sites for hydroxylation is 1. The lowest BCUT2D eigenvalue weighted by Crippen LogP contribution is -1.87. The van der Waals surface area contributed by atoms with Gasteiger partial charge >= 0.3 is 5.84 Å². The normalized spacial score (nSPS) is 11.5. The number of aromatic nitrogens is 3. The molecule has 0 saturated heterocycles. The molecule has 0 atom stereocenters. The van der Waals surface area contributed by atoms with E-state index in [1.165, 1.54) is 12.8 Å². The molecule has 0 N–H and O–H groups in total. The molecule has 5 heteroatoms. The van der Waals surface area contributed by atoms with Crippen LogP contribution in [0.5, 0.6) is 5.75 Å². The quantitative estimate of drug-likeness (QED) is 0.660. The van der Waals surface area contributed by atoms with Crippen LogP contribution in [0.25, 0.3) is 17.1 Å². The molecule has 0 bridgehead atoms. The Hall–Kier alpha value is -2.04. The zero-order valence-electron chi connectivity index (χ0n) is 11.2. The molecule has 0 fully saturated rings. The molecule has 3 heterocycles. The van der Waals surface area contributed by atoms with Crippen molar-refractivity contribution in [3.63, 3.8) is 0 Å². The van der Waals surface area contributed by atoms with Gasteiger partial charge in [0.05, 0.1) is 19.0 Å². The van der Waals surface area contributed by atoms with Gasteiger partial charge in [0.1, 0.15) is 11.3 Å². The number of rotatable bonds is 5. The van der Waals surface area contributed by atoms with E-state index < -0.39 is 0 Å². The molecule has 3 rings (SSSR count). The van der Waals surface area contributed by atoms with Gasteiger partial charge in [-0.3, -0.25) is 4.40 Å². The van der Waals surface area contributed by atoms with E-state index >= 15 is 0 Å². The highest BCUT2D eigenvalue weighted by Gasteiger charge is 2.12. The molecule has 0 spiro atoms. The lowest BCUT2D eigenvalue weighted by molar-refractivity contribution is 0.413. The minimum atomic E-state index is 0.586. The maximum Gasteiger partial charge on any atom is 0.308 e. The Bertz CT molecular complexity index is 699. The van der Waals surface area contributed by atoms with Crippen molar-refractivity contribution in [1.82, 2.24) is 14.4 Å². The first-order valence-corrected chi connectivity index (χ1v) is 6.62. The smallest absolute Gasteiger partial charge is 0.308 e. The fourth-order valence-electron chi connectivity index (χ4n) is 2.20. The Morgan fingerprint density at radius 1 is 1.37 bits per heavy atom. The Morgan fingerprint density at radius 3 is 3.05 bits per heavy atom. The molecule has 3 aromatic heterocycles. The molecule has 0 aliphatic heterocycles. The van der Waals surface area contributed by atoms with Gasteiger partial charge in [-0.1, -0.05) is 19.8 Å². The van der Waals surface area contributed by atoms with E-state index in [0.717, 1.165) is 29.8 Å². The van der Waals surface area contributed by atoms with Crippen LogP contribution in [0.4, 0.5) is 0 Å². The fourth-order valence-corrected chi connectivity index (χ4v) is 2.20. The van der Waals surface area contributed by atoms with Crippen LogP contribution in [-0.2, 0) is 6.42 Å². The van der Waals surface area contributed by atoms with E-state index in [4.69, 9.17) is 9.15 Å². The van der Waals surface area contributed by atoms with Crippen molar-refractivity contribution in [2.75, 3.05) is 7.11 Å². The first-order valence-electron chi connectivity index (χ1n) is 6.62. The van der Waals surface area contributed by atoms with Crippen LogP contribution < -0.4 is 4.74 Å². The average Bonchev–Trinajstić information content (AvgIpc) is 2.95. The van der Waals surface area contributed by atoms with Crippen LogP contribution in [0, 0.1) is 0 Å². The number of ether oxygens (including phenoxy) is 1. The van der Waals surface area contributed by atoms with Crippen molar-refractivity contribution in [3.8, 4) is 5.75 Å². The molecule has 0 aromatic carbocycles. The number of nitrogens with zero attached hydrogens (tertiary/aromatic N) is 3. The number of fused-ring (bicyclic) bond motifs is 3. The number of hydrogen-bond donors (Lipinski definition) is 0. The second kappa shape index (κ2) is 4.91. The highest BCUT2D eigenvalue weighted by Crippen LogP contribution is 2.23. The molecule has 0 amide bonds. The summed E-state index contributed by atoms with van der Waals surface area (Å²) in [5.41, 5.74) is 2.55. The molecular weight excluding hydrogens is 242 g/mol. The predicted octanol–water partition coefficient (Wildman–Crippen LogP) is 3.22. The summed E-state index contributed by atoms with van der Waals surface area (Å²) >= 11 is 0. The standard InChI is InChI=1S/C14H17N3O2/c1-3-4-5-6-10-9-17-12-7-11(18-2)8-15-13(12)19-14(17)16-10/h7-9H,3-6H2,1-2H3. The predicted molar refractivity (Wildman–Crippen MR) is 72.5 cm³/mol. The summed E-state index contributed by atoms with van der Waals surface area (Å²) in [6.45, 7) is 2.20. The van der Waals surface area contributed by atoms with Crippen LogP contribution in [-0.4, -0.2) is 21.5 Å². The molecule has 19 heavy (non-hydrogen) atoms. The molecule has 0 aliphatic rings. The lowest BCUT2D eigenvalue weighted by Gasteiger charge is -1.97. The Kier molecular flexibility index (Phi) is 3.11. The number of hydrogen-bond acceptors (Lipinski definition) is 4. The van der Waals surface area contributed by atoms with Crippen molar-refractivity contribution in [2.45, 2.75) is 32.6 Å². The SMILES string of the molecule is CCCCCc1cn2c(n1)oc1ncc(OC)cc12. The maximum absolute atomic E-state index is 5.62. The maximum atomic E-state index is 5.62. The zero-order chi connectivity index (χ0) is 13.2. The molecule has 100 valence electrons. The Labute approximate surface area is 111 Å². The Balaban J connectivity index is 1.98. The van der Waals surface area contributed by atoms with Crippen LogP contribution >= 0.6 is 0 Å². The van der Waals surface area contributed by atoms with Gasteiger partial charge in [0.25, 0.3) is 0 Å². The molecule has 0 aliphatic carbocycles. The number of imidazole rings is 1. The number of pyridine rings is 1. The topological polar surface area (TPSA) is 52.6 Å². The molecule has 0 unspecified atom stereocenters. The van der Waals surface area contributed by atoms with Gasteiger partial charge in [-0.05, 0) is 12.8 Å². The first kappa shape index (κ1) is 12.0. The van der Waals surface area contributed by atoms with Crippen LogP contribution in [0.3, 0.4) is 0 Å². The van der Waals surface area contributed by atoms with Gasteiger partial charge in [0.15, 0.2) is 0 Å². The van der Waals surface area contributed by atoms with Crippen LogP contribution in [0.2, 0.25) is 0 Å². The summed E-state index contributed by atoms with van der Waals surface area (Å²) in [7, 11) is 1.63. The minimum Gasteiger partial charge on any atom is -0.495 e. The third kappa shape index (κ3) is 2.16. The van der Waals surface area contributed by atoms with Gasteiger partial charge in [-0.2, -0.15) is 4.98 Å². The van der Waals surface area contributed by atoms with Gasteiger partial charge < -0.3 is 9.15 Å². The van der Waals surface area contributed by atoms with Gasteiger partial charge in [0, 0.05) is 12.3 Å². The molecular formula is C14H17N3O2. The second-order valence-corrected chi connectivity index (χ2v) is 4.64. The van der Waals surface area contributed by atoms with E-state index in [0.29, 0.717) is 11.6 Å². The van der Waals surface area contributed by atoms with E-state index in [1.54, 1.807) is 13.3 Å². The van der Waals surface area contributed by atoms with Gasteiger partial charge in [-0.15, -0.1) is 0 Å². The molecule has 5 nitrogen and oxygen atoms in total. The highest BCUT2D eigenvalue weighted by molar-refractivity contribution is 5.74. The van der Waals surface area contributed by atoms with E-state index in [2.05, 4.69) is 16.9 Å². The fraction of sp³-hybridized carbons (Fsp3) is 0.429. The summed E-state index contributed by atoms with van der Waals surface area (Å²) in [6, 6.07) is 1.91. The number of oxazole rings is 1. The molecule has 0 radical (unpaired) electrons. The average molecular weight is 259 g/mol. The minimum absolute atomic E-state index is 0.586. The van der Waals surface area contributed by atoms with Crippen LogP contribution in [0.1, 0.15) is 31.9 Å². The number of methoxy groups -OCH3 is 1. The van der Waals surface area contributed by atoms with Crippen molar-refractivity contribution in [3.05, 3.63) is 24.2 Å². The zero-order valence-corrected chi connectivity index (χ0v) is 11.2. The monoisotopic (exact) mass is 259 g/mol. The lowest BCUT2D eigenvalue weighted by atomic mass is 10.2. The Morgan fingerprint density at radius 2 is 2.26 bits per heavy atom.